The standard InChI is InChI=1S/C11H11F2N3/c1-7(14)11-5-15-6-16(11)10-3-2-8(12)4-9(10)13/h2-7H,14H2,1H3/t7-/m0/s1. The van der Waals surface area contributed by atoms with Crippen LogP contribution < -0.4 is 5.73 Å². The second-order valence-electron chi connectivity index (χ2n) is 3.57. The monoisotopic (exact) mass is 223 g/mol. The molecule has 0 amide bonds. The van der Waals surface area contributed by atoms with Gasteiger partial charge in [-0.2, -0.15) is 0 Å². The molecule has 0 aliphatic rings. The SMILES string of the molecule is C[C@H](N)c1cncn1-c1ccc(F)cc1F. The van der Waals surface area contributed by atoms with E-state index in [4.69, 9.17) is 5.73 Å². The summed E-state index contributed by atoms with van der Waals surface area (Å²) in [6.45, 7) is 1.77. The third-order valence-corrected chi connectivity index (χ3v) is 2.30. The Bertz CT molecular complexity index is 506. The van der Waals surface area contributed by atoms with Crippen molar-refractivity contribution in [3.8, 4) is 5.69 Å². The van der Waals surface area contributed by atoms with E-state index in [0.717, 1.165) is 6.07 Å². The van der Waals surface area contributed by atoms with Crippen molar-refractivity contribution >= 4 is 0 Å². The van der Waals surface area contributed by atoms with Gasteiger partial charge in [-0.3, -0.25) is 4.57 Å². The minimum absolute atomic E-state index is 0.242. The molecule has 2 rings (SSSR count). The molecule has 0 aliphatic heterocycles. The van der Waals surface area contributed by atoms with Gasteiger partial charge in [0.15, 0.2) is 0 Å². The molecular weight excluding hydrogens is 212 g/mol. The molecule has 2 N–H and O–H groups in total. The number of aromatic nitrogens is 2. The van der Waals surface area contributed by atoms with Crippen molar-refractivity contribution in [3.63, 3.8) is 0 Å². The van der Waals surface area contributed by atoms with Crippen molar-refractivity contribution in [1.29, 1.82) is 0 Å². The van der Waals surface area contributed by atoms with Crippen LogP contribution in [0.1, 0.15) is 18.7 Å². The number of hydrogen-bond donors (Lipinski definition) is 1. The van der Waals surface area contributed by atoms with E-state index in [9.17, 15) is 8.78 Å². The Hall–Kier alpha value is -1.75. The highest BCUT2D eigenvalue weighted by atomic mass is 19.1. The van der Waals surface area contributed by atoms with Gasteiger partial charge < -0.3 is 5.73 Å². The summed E-state index contributed by atoms with van der Waals surface area (Å²) in [7, 11) is 0. The number of rotatable bonds is 2. The zero-order valence-corrected chi connectivity index (χ0v) is 8.69. The molecule has 0 radical (unpaired) electrons. The molecule has 1 heterocycles. The number of imidazole rings is 1. The molecule has 1 aromatic heterocycles. The largest absolute Gasteiger partial charge is 0.323 e. The predicted molar refractivity (Wildman–Crippen MR) is 56.1 cm³/mol. The van der Waals surface area contributed by atoms with Gasteiger partial charge in [-0.1, -0.05) is 0 Å². The average molecular weight is 223 g/mol. The van der Waals surface area contributed by atoms with Crippen molar-refractivity contribution in [3.05, 3.63) is 48.1 Å². The number of benzene rings is 1. The fraction of sp³-hybridized carbons (Fsp3) is 0.182. The summed E-state index contributed by atoms with van der Waals surface area (Å²) in [4.78, 5) is 3.91. The first-order valence-electron chi connectivity index (χ1n) is 4.83. The van der Waals surface area contributed by atoms with Crippen molar-refractivity contribution < 1.29 is 8.78 Å². The van der Waals surface area contributed by atoms with Crippen molar-refractivity contribution in [2.75, 3.05) is 0 Å². The summed E-state index contributed by atoms with van der Waals surface area (Å²) in [5.41, 5.74) is 6.63. The van der Waals surface area contributed by atoms with Crippen LogP contribution in [0, 0.1) is 11.6 Å². The summed E-state index contributed by atoms with van der Waals surface area (Å²) in [6, 6.07) is 3.12. The van der Waals surface area contributed by atoms with Gasteiger partial charge in [-0.25, -0.2) is 13.8 Å². The van der Waals surface area contributed by atoms with E-state index in [0.29, 0.717) is 5.69 Å². The van der Waals surface area contributed by atoms with Crippen LogP contribution in [0.5, 0.6) is 0 Å². The molecule has 0 saturated carbocycles. The number of halogens is 2. The van der Waals surface area contributed by atoms with E-state index in [1.54, 1.807) is 13.1 Å². The molecule has 0 saturated heterocycles. The molecule has 0 spiro atoms. The highest BCUT2D eigenvalue weighted by molar-refractivity contribution is 5.36. The van der Waals surface area contributed by atoms with Crippen molar-refractivity contribution in [2.24, 2.45) is 5.73 Å². The van der Waals surface area contributed by atoms with Crippen molar-refractivity contribution in [1.82, 2.24) is 9.55 Å². The van der Waals surface area contributed by atoms with E-state index in [-0.39, 0.29) is 11.7 Å². The molecule has 0 fully saturated rings. The lowest BCUT2D eigenvalue weighted by atomic mass is 10.2. The average Bonchev–Trinajstić information content (AvgIpc) is 2.66. The fourth-order valence-corrected chi connectivity index (χ4v) is 1.52. The van der Waals surface area contributed by atoms with Crippen LogP contribution in [0.15, 0.2) is 30.7 Å². The van der Waals surface area contributed by atoms with Crippen LogP contribution >= 0.6 is 0 Å². The lowest BCUT2D eigenvalue weighted by Crippen LogP contribution is -2.11. The molecule has 16 heavy (non-hydrogen) atoms. The van der Waals surface area contributed by atoms with Gasteiger partial charge in [0, 0.05) is 12.1 Å². The molecule has 84 valence electrons. The quantitative estimate of drug-likeness (QED) is 0.847. The maximum Gasteiger partial charge on any atom is 0.150 e. The topological polar surface area (TPSA) is 43.8 Å². The number of hydrogen-bond acceptors (Lipinski definition) is 2. The lowest BCUT2D eigenvalue weighted by molar-refractivity contribution is 0.575. The Kier molecular flexibility index (Phi) is 2.70. The van der Waals surface area contributed by atoms with Crippen LogP contribution in [-0.2, 0) is 0 Å². The first kappa shape index (κ1) is 10.8. The minimum Gasteiger partial charge on any atom is -0.323 e. The minimum atomic E-state index is -0.639. The molecule has 1 aromatic carbocycles. The Balaban J connectivity index is 2.54. The smallest absolute Gasteiger partial charge is 0.150 e. The normalized spacial score (nSPS) is 12.8. The molecule has 0 bridgehead atoms. The zero-order chi connectivity index (χ0) is 11.7. The van der Waals surface area contributed by atoms with Crippen LogP contribution in [0.25, 0.3) is 5.69 Å². The van der Waals surface area contributed by atoms with Gasteiger partial charge in [0.1, 0.15) is 11.6 Å². The first-order chi connectivity index (χ1) is 7.59. The molecule has 2 aromatic rings. The van der Waals surface area contributed by atoms with E-state index < -0.39 is 11.6 Å². The predicted octanol–water partition coefficient (Wildman–Crippen LogP) is 2.17. The molecular formula is C11H11F2N3. The third-order valence-electron chi connectivity index (χ3n) is 2.30. The van der Waals surface area contributed by atoms with Gasteiger partial charge in [0.05, 0.1) is 23.9 Å². The van der Waals surface area contributed by atoms with Crippen LogP contribution in [0.4, 0.5) is 8.78 Å². The summed E-state index contributed by atoms with van der Waals surface area (Å²) in [5, 5.41) is 0. The fourth-order valence-electron chi connectivity index (χ4n) is 1.52. The second-order valence-corrected chi connectivity index (χ2v) is 3.57. The molecule has 0 aliphatic carbocycles. The first-order valence-corrected chi connectivity index (χ1v) is 4.83. The molecule has 3 nitrogen and oxygen atoms in total. The summed E-state index contributed by atoms with van der Waals surface area (Å²) in [6.07, 6.45) is 3.02. The highest BCUT2D eigenvalue weighted by Crippen LogP contribution is 2.19. The summed E-state index contributed by atoms with van der Waals surface area (Å²) >= 11 is 0. The maximum absolute atomic E-state index is 13.5. The van der Waals surface area contributed by atoms with Gasteiger partial charge >= 0.3 is 0 Å². The van der Waals surface area contributed by atoms with E-state index >= 15 is 0 Å². The highest BCUT2D eigenvalue weighted by Gasteiger charge is 2.12. The Morgan fingerprint density at radius 2 is 2.12 bits per heavy atom. The van der Waals surface area contributed by atoms with E-state index in [1.165, 1.54) is 23.0 Å². The van der Waals surface area contributed by atoms with Crippen LogP contribution in [0.3, 0.4) is 0 Å². The van der Waals surface area contributed by atoms with Gasteiger partial charge in [-0.05, 0) is 19.1 Å². The number of nitrogens with two attached hydrogens (primary N) is 1. The second kappa shape index (κ2) is 4.02. The van der Waals surface area contributed by atoms with Gasteiger partial charge in [-0.15, -0.1) is 0 Å². The van der Waals surface area contributed by atoms with E-state index in [1.807, 2.05) is 0 Å². The molecule has 0 unspecified atom stereocenters. The van der Waals surface area contributed by atoms with Gasteiger partial charge in [0.2, 0.25) is 0 Å². The van der Waals surface area contributed by atoms with Gasteiger partial charge in [0.25, 0.3) is 0 Å². The van der Waals surface area contributed by atoms with E-state index in [2.05, 4.69) is 4.98 Å². The Morgan fingerprint density at radius 3 is 2.75 bits per heavy atom. The van der Waals surface area contributed by atoms with Crippen molar-refractivity contribution in [2.45, 2.75) is 13.0 Å². The lowest BCUT2D eigenvalue weighted by Gasteiger charge is -2.11. The maximum atomic E-state index is 13.5. The van der Waals surface area contributed by atoms with Crippen LogP contribution in [0.2, 0.25) is 0 Å². The summed E-state index contributed by atoms with van der Waals surface area (Å²) in [5.74, 6) is -1.25. The Morgan fingerprint density at radius 1 is 1.38 bits per heavy atom. The molecule has 5 heteroatoms. The Labute approximate surface area is 91.5 Å². The molecule has 1 atom stereocenters. The summed E-state index contributed by atoms with van der Waals surface area (Å²) < 4.78 is 27.8. The number of nitrogens with zero attached hydrogens (tertiary/aromatic N) is 2. The van der Waals surface area contributed by atoms with Crippen LogP contribution in [-0.4, -0.2) is 9.55 Å². The third kappa shape index (κ3) is 1.81. The zero-order valence-electron chi connectivity index (χ0n) is 8.69.